The molecule has 0 aliphatic heterocycles. The van der Waals surface area contributed by atoms with E-state index in [0.29, 0.717) is 16.5 Å². The van der Waals surface area contributed by atoms with Crippen LogP contribution < -0.4 is 10.5 Å². The van der Waals surface area contributed by atoms with Crippen molar-refractivity contribution in [3.63, 3.8) is 0 Å². The number of rotatable bonds is 3. The van der Waals surface area contributed by atoms with E-state index in [0.717, 1.165) is 0 Å². The van der Waals surface area contributed by atoms with E-state index in [4.69, 9.17) is 22.1 Å². The van der Waals surface area contributed by atoms with Crippen LogP contribution in [0.4, 0.5) is 5.69 Å². The molecule has 2 N–H and O–H groups in total. The summed E-state index contributed by atoms with van der Waals surface area (Å²) in [6.07, 6.45) is 1.39. The van der Waals surface area contributed by atoms with E-state index >= 15 is 0 Å². The Morgan fingerprint density at radius 1 is 1.37 bits per heavy atom. The number of nitrogens with two attached hydrogens (primary N) is 1. The van der Waals surface area contributed by atoms with Crippen molar-refractivity contribution in [3.05, 3.63) is 41.3 Å². The Balaban J connectivity index is 2.26. The fraction of sp³-hybridized carbons (Fsp3) is 0.0833. The van der Waals surface area contributed by atoms with E-state index in [-0.39, 0.29) is 11.7 Å². The Labute approximate surface area is 114 Å². The zero-order valence-corrected chi connectivity index (χ0v) is 10.7. The zero-order valence-electron chi connectivity index (χ0n) is 9.96. The number of aromatic nitrogens is 2. The van der Waals surface area contributed by atoms with Gasteiger partial charge in [0.1, 0.15) is 5.75 Å². The molecule has 98 valence electrons. The molecule has 7 heteroatoms. The molecular formula is C12H10ClN3O3. The maximum Gasteiger partial charge on any atom is 0.376 e. The molecule has 1 heterocycles. The molecule has 2 rings (SSSR count). The van der Waals surface area contributed by atoms with Crippen LogP contribution in [0.1, 0.15) is 10.6 Å². The standard InChI is InChI=1S/C12H10ClN3O3/c1-18-12(17)11-15-5-4-10(16-11)19-9-3-2-7(14)6-8(9)13/h2-6H,14H2,1H3. The van der Waals surface area contributed by atoms with E-state index < -0.39 is 5.97 Å². The van der Waals surface area contributed by atoms with Crippen molar-refractivity contribution in [2.45, 2.75) is 0 Å². The van der Waals surface area contributed by atoms with Crippen LogP contribution in [0.3, 0.4) is 0 Å². The third kappa shape index (κ3) is 3.11. The first-order chi connectivity index (χ1) is 9.10. The first kappa shape index (κ1) is 13.1. The van der Waals surface area contributed by atoms with Crippen molar-refractivity contribution in [1.82, 2.24) is 9.97 Å². The third-order valence-corrected chi connectivity index (χ3v) is 2.46. The number of carbonyl (C=O) groups is 1. The molecule has 6 nitrogen and oxygen atoms in total. The Hall–Kier alpha value is -2.34. The lowest BCUT2D eigenvalue weighted by molar-refractivity contribution is 0.0585. The van der Waals surface area contributed by atoms with Gasteiger partial charge in [0.15, 0.2) is 0 Å². The van der Waals surface area contributed by atoms with Gasteiger partial charge >= 0.3 is 5.97 Å². The summed E-state index contributed by atoms with van der Waals surface area (Å²) in [5.74, 6) is -0.173. The van der Waals surface area contributed by atoms with Crippen LogP contribution in [0.25, 0.3) is 0 Å². The fourth-order valence-electron chi connectivity index (χ4n) is 1.30. The van der Waals surface area contributed by atoms with E-state index in [1.54, 1.807) is 18.2 Å². The van der Waals surface area contributed by atoms with Crippen LogP contribution in [-0.2, 0) is 4.74 Å². The van der Waals surface area contributed by atoms with Gasteiger partial charge in [0, 0.05) is 18.0 Å². The number of carbonyl (C=O) groups excluding carboxylic acids is 1. The number of ether oxygens (including phenoxy) is 2. The van der Waals surface area contributed by atoms with Gasteiger partial charge < -0.3 is 15.2 Å². The summed E-state index contributed by atoms with van der Waals surface area (Å²) in [7, 11) is 1.25. The lowest BCUT2D eigenvalue weighted by Gasteiger charge is -2.07. The minimum absolute atomic E-state index is 0.0911. The summed E-state index contributed by atoms with van der Waals surface area (Å²) in [5, 5.41) is 0.346. The van der Waals surface area contributed by atoms with Crippen molar-refractivity contribution < 1.29 is 14.3 Å². The molecule has 0 saturated heterocycles. The molecule has 0 fully saturated rings. The van der Waals surface area contributed by atoms with Gasteiger partial charge in [-0.25, -0.2) is 9.78 Å². The number of benzene rings is 1. The average molecular weight is 280 g/mol. The largest absolute Gasteiger partial charge is 0.463 e. The maximum atomic E-state index is 11.3. The van der Waals surface area contributed by atoms with Crippen LogP contribution in [0, 0.1) is 0 Å². The molecule has 2 aromatic rings. The molecular weight excluding hydrogens is 270 g/mol. The third-order valence-electron chi connectivity index (χ3n) is 2.17. The maximum absolute atomic E-state index is 11.3. The van der Waals surface area contributed by atoms with Gasteiger partial charge in [-0.15, -0.1) is 0 Å². The summed E-state index contributed by atoms with van der Waals surface area (Å²) < 4.78 is 9.97. The topological polar surface area (TPSA) is 87.3 Å². The highest BCUT2D eigenvalue weighted by molar-refractivity contribution is 6.32. The number of hydrogen-bond acceptors (Lipinski definition) is 6. The molecule has 0 amide bonds. The number of esters is 1. The second kappa shape index (κ2) is 5.53. The molecule has 0 atom stereocenters. The van der Waals surface area contributed by atoms with E-state index in [1.165, 1.54) is 19.4 Å². The van der Waals surface area contributed by atoms with Crippen molar-refractivity contribution in [3.8, 4) is 11.6 Å². The molecule has 0 aliphatic rings. The molecule has 1 aromatic heterocycles. The minimum atomic E-state index is -0.645. The number of halogens is 1. The molecule has 0 spiro atoms. The molecule has 0 radical (unpaired) electrons. The zero-order chi connectivity index (χ0) is 13.8. The number of nitrogens with zero attached hydrogens (tertiary/aromatic N) is 2. The van der Waals surface area contributed by atoms with Crippen molar-refractivity contribution >= 4 is 23.3 Å². The first-order valence-electron chi connectivity index (χ1n) is 5.24. The average Bonchev–Trinajstić information content (AvgIpc) is 2.41. The normalized spacial score (nSPS) is 10.0. The van der Waals surface area contributed by atoms with Gasteiger partial charge in [0.2, 0.25) is 11.7 Å². The lowest BCUT2D eigenvalue weighted by atomic mass is 10.3. The predicted molar refractivity (Wildman–Crippen MR) is 69.3 cm³/mol. The van der Waals surface area contributed by atoms with Gasteiger partial charge in [0.05, 0.1) is 12.1 Å². The van der Waals surface area contributed by atoms with Gasteiger partial charge in [-0.2, -0.15) is 4.98 Å². The highest BCUT2D eigenvalue weighted by Gasteiger charge is 2.11. The molecule has 0 bridgehead atoms. The second-order valence-corrected chi connectivity index (χ2v) is 3.91. The van der Waals surface area contributed by atoms with Gasteiger partial charge in [0.25, 0.3) is 0 Å². The Morgan fingerprint density at radius 2 is 2.16 bits per heavy atom. The van der Waals surface area contributed by atoms with Gasteiger partial charge in [-0.05, 0) is 18.2 Å². The smallest absolute Gasteiger partial charge is 0.376 e. The highest BCUT2D eigenvalue weighted by Crippen LogP contribution is 2.29. The quantitative estimate of drug-likeness (QED) is 0.685. The molecule has 19 heavy (non-hydrogen) atoms. The van der Waals surface area contributed by atoms with Gasteiger partial charge in [-0.1, -0.05) is 11.6 Å². The van der Waals surface area contributed by atoms with Crippen LogP contribution in [0.2, 0.25) is 5.02 Å². The van der Waals surface area contributed by atoms with E-state index in [2.05, 4.69) is 14.7 Å². The first-order valence-corrected chi connectivity index (χ1v) is 5.62. The number of hydrogen-bond donors (Lipinski definition) is 1. The van der Waals surface area contributed by atoms with E-state index in [1.807, 2.05) is 0 Å². The SMILES string of the molecule is COC(=O)c1nccc(Oc2ccc(N)cc2Cl)n1. The molecule has 0 unspecified atom stereocenters. The van der Waals surface area contributed by atoms with Crippen LogP contribution in [0.15, 0.2) is 30.5 Å². The van der Waals surface area contributed by atoms with Crippen molar-refractivity contribution in [2.24, 2.45) is 0 Å². The summed E-state index contributed by atoms with van der Waals surface area (Å²) in [6.45, 7) is 0. The summed E-state index contributed by atoms with van der Waals surface area (Å²) >= 11 is 5.97. The lowest BCUT2D eigenvalue weighted by Crippen LogP contribution is -2.07. The van der Waals surface area contributed by atoms with E-state index in [9.17, 15) is 4.79 Å². The Bertz CT molecular complexity index is 619. The number of methoxy groups -OCH3 is 1. The minimum Gasteiger partial charge on any atom is -0.463 e. The second-order valence-electron chi connectivity index (χ2n) is 3.50. The van der Waals surface area contributed by atoms with Gasteiger partial charge in [-0.3, -0.25) is 0 Å². The van der Waals surface area contributed by atoms with Crippen LogP contribution in [0.5, 0.6) is 11.6 Å². The van der Waals surface area contributed by atoms with Crippen molar-refractivity contribution in [2.75, 3.05) is 12.8 Å². The summed E-state index contributed by atoms with van der Waals surface area (Å²) in [6, 6.07) is 6.31. The molecule has 1 aromatic carbocycles. The van der Waals surface area contributed by atoms with Crippen molar-refractivity contribution in [1.29, 1.82) is 0 Å². The monoisotopic (exact) mass is 279 g/mol. The van der Waals surface area contributed by atoms with Crippen LogP contribution >= 0.6 is 11.6 Å². The molecule has 0 saturated carbocycles. The predicted octanol–water partition coefficient (Wildman–Crippen LogP) is 2.29. The molecule has 0 aliphatic carbocycles. The number of anilines is 1. The summed E-state index contributed by atoms with van der Waals surface area (Å²) in [5.41, 5.74) is 6.10. The fourth-order valence-corrected chi connectivity index (χ4v) is 1.53. The Morgan fingerprint density at radius 3 is 2.84 bits per heavy atom. The summed E-state index contributed by atoms with van der Waals surface area (Å²) in [4.78, 5) is 19.0. The highest BCUT2D eigenvalue weighted by atomic mass is 35.5. The van der Waals surface area contributed by atoms with Crippen LogP contribution in [-0.4, -0.2) is 23.0 Å². The number of nitrogen functional groups attached to an aromatic ring is 1. The Kier molecular flexibility index (Phi) is 3.82.